The number of nitrogens with one attached hydrogen (secondary N) is 1. The maximum atomic E-state index is 8.93. The topological polar surface area (TPSA) is 57.9 Å². The largest absolute Gasteiger partial charge is 0.494 e. The molecule has 0 aliphatic rings. The maximum absolute atomic E-state index is 8.93. The number of benzene rings is 1. The zero-order valence-corrected chi connectivity index (χ0v) is 10.5. The van der Waals surface area contributed by atoms with Crippen LogP contribution >= 0.6 is 0 Å². The molecule has 1 heterocycles. The number of hydrogen-bond donors (Lipinski definition) is 1. The van der Waals surface area contributed by atoms with Crippen LogP contribution in [0.1, 0.15) is 12.0 Å². The van der Waals surface area contributed by atoms with Crippen molar-refractivity contribution >= 4 is 5.69 Å². The number of pyridine rings is 1. The predicted octanol–water partition coefficient (Wildman–Crippen LogP) is 2.83. The molecule has 2 rings (SSSR count). The van der Waals surface area contributed by atoms with Crippen LogP contribution < -0.4 is 10.1 Å². The highest BCUT2D eigenvalue weighted by Crippen LogP contribution is 2.12. The molecule has 0 amide bonds. The Kier molecular flexibility index (Phi) is 4.77. The Morgan fingerprint density at radius 2 is 2.05 bits per heavy atom. The first-order valence-electron chi connectivity index (χ1n) is 6.16. The minimum absolute atomic E-state index is 0.610. The van der Waals surface area contributed by atoms with Gasteiger partial charge in [-0.05, 0) is 24.6 Å². The molecule has 1 aromatic heterocycles. The van der Waals surface area contributed by atoms with E-state index in [2.05, 4.69) is 16.4 Å². The van der Waals surface area contributed by atoms with Gasteiger partial charge in [0.1, 0.15) is 11.8 Å². The average Bonchev–Trinajstić information content (AvgIpc) is 2.48. The summed E-state index contributed by atoms with van der Waals surface area (Å²) in [7, 11) is 0. The van der Waals surface area contributed by atoms with Crippen molar-refractivity contribution in [1.82, 2.24) is 4.98 Å². The van der Waals surface area contributed by atoms with Crippen LogP contribution in [-0.4, -0.2) is 18.1 Å². The lowest BCUT2D eigenvalue weighted by Crippen LogP contribution is -2.08. The lowest BCUT2D eigenvalue weighted by molar-refractivity contribution is 0.315. The van der Waals surface area contributed by atoms with Crippen molar-refractivity contribution in [2.45, 2.75) is 6.42 Å². The zero-order chi connectivity index (χ0) is 13.3. The number of anilines is 1. The SMILES string of the molecule is N#Cc1ccncc1NCCCOc1ccccc1. The normalized spacial score (nSPS) is 9.63. The highest BCUT2D eigenvalue weighted by molar-refractivity contribution is 5.55. The van der Waals surface area contributed by atoms with Gasteiger partial charge < -0.3 is 10.1 Å². The number of para-hydroxylation sites is 1. The van der Waals surface area contributed by atoms with Gasteiger partial charge in [0, 0.05) is 12.7 Å². The van der Waals surface area contributed by atoms with Gasteiger partial charge in [0.15, 0.2) is 0 Å². The van der Waals surface area contributed by atoms with Crippen molar-refractivity contribution in [3.05, 3.63) is 54.4 Å². The van der Waals surface area contributed by atoms with Gasteiger partial charge in [-0.1, -0.05) is 18.2 Å². The highest BCUT2D eigenvalue weighted by atomic mass is 16.5. The molecule has 0 saturated carbocycles. The molecule has 0 atom stereocenters. The summed E-state index contributed by atoms with van der Waals surface area (Å²) in [4.78, 5) is 3.99. The summed E-state index contributed by atoms with van der Waals surface area (Å²) in [5.41, 5.74) is 1.38. The molecule has 96 valence electrons. The third-order valence-electron chi connectivity index (χ3n) is 2.59. The zero-order valence-electron chi connectivity index (χ0n) is 10.5. The van der Waals surface area contributed by atoms with E-state index in [1.807, 2.05) is 30.3 Å². The van der Waals surface area contributed by atoms with E-state index >= 15 is 0 Å². The van der Waals surface area contributed by atoms with Gasteiger partial charge in [-0.25, -0.2) is 0 Å². The smallest absolute Gasteiger partial charge is 0.119 e. The van der Waals surface area contributed by atoms with Crippen molar-refractivity contribution in [3.63, 3.8) is 0 Å². The summed E-state index contributed by atoms with van der Waals surface area (Å²) in [6.45, 7) is 1.38. The van der Waals surface area contributed by atoms with E-state index in [0.717, 1.165) is 24.4 Å². The molecular formula is C15H15N3O. The summed E-state index contributed by atoms with van der Waals surface area (Å²) in [5.74, 6) is 0.876. The fourth-order valence-electron chi connectivity index (χ4n) is 1.63. The van der Waals surface area contributed by atoms with Gasteiger partial charge in [0.25, 0.3) is 0 Å². The number of hydrogen-bond acceptors (Lipinski definition) is 4. The summed E-state index contributed by atoms with van der Waals surface area (Å²) in [6, 6.07) is 13.5. The molecule has 2 aromatic rings. The Hall–Kier alpha value is -2.54. The van der Waals surface area contributed by atoms with E-state index in [0.29, 0.717) is 12.2 Å². The van der Waals surface area contributed by atoms with E-state index in [9.17, 15) is 0 Å². The molecule has 0 aliphatic heterocycles. The average molecular weight is 253 g/mol. The first-order valence-corrected chi connectivity index (χ1v) is 6.16. The van der Waals surface area contributed by atoms with Crippen LogP contribution in [0.3, 0.4) is 0 Å². The van der Waals surface area contributed by atoms with Gasteiger partial charge in [-0.2, -0.15) is 5.26 Å². The second-order valence-electron chi connectivity index (χ2n) is 3.97. The van der Waals surface area contributed by atoms with Crippen LogP contribution in [0.5, 0.6) is 5.75 Å². The summed E-state index contributed by atoms with van der Waals surface area (Å²) in [6.07, 6.45) is 4.13. The molecule has 0 unspecified atom stereocenters. The second kappa shape index (κ2) is 7.02. The van der Waals surface area contributed by atoms with Crippen molar-refractivity contribution in [1.29, 1.82) is 5.26 Å². The van der Waals surface area contributed by atoms with E-state index in [1.165, 1.54) is 0 Å². The standard InChI is InChI=1S/C15H15N3O/c16-11-13-7-9-17-12-15(13)18-8-4-10-19-14-5-2-1-3-6-14/h1-3,5-7,9,12,18H,4,8,10H2. The fraction of sp³-hybridized carbons (Fsp3) is 0.200. The van der Waals surface area contributed by atoms with Crippen LogP contribution in [0.25, 0.3) is 0 Å². The molecule has 4 nitrogen and oxygen atoms in total. The molecule has 0 aliphatic carbocycles. The first kappa shape index (κ1) is 12.9. The first-order chi connectivity index (χ1) is 9.40. The molecule has 0 spiro atoms. The monoisotopic (exact) mass is 253 g/mol. The lowest BCUT2D eigenvalue weighted by Gasteiger charge is -2.08. The number of aromatic nitrogens is 1. The summed E-state index contributed by atoms with van der Waals surface area (Å²) < 4.78 is 5.58. The Morgan fingerprint density at radius 3 is 2.84 bits per heavy atom. The minimum atomic E-state index is 0.610. The van der Waals surface area contributed by atoms with Crippen LogP contribution in [0.15, 0.2) is 48.8 Å². The Balaban J connectivity index is 1.71. The Bertz CT molecular complexity index is 549. The highest BCUT2D eigenvalue weighted by Gasteiger charge is 1.99. The third-order valence-corrected chi connectivity index (χ3v) is 2.59. The quantitative estimate of drug-likeness (QED) is 0.804. The van der Waals surface area contributed by atoms with Crippen molar-refractivity contribution in [2.75, 3.05) is 18.5 Å². The predicted molar refractivity (Wildman–Crippen MR) is 74.0 cm³/mol. The van der Waals surface area contributed by atoms with Gasteiger partial charge in [-0.3, -0.25) is 4.98 Å². The molecule has 4 heteroatoms. The molecule has 0 radical (unpaired) electrons. The van der Waals surface area contributed by atoms with Crippen LogP contribution in [0.2, 0.25) is 0 Å². The van der Waals surface area contributed by atoms with Crippen LogP contribution in [0.4, 0.5) is 5.69 Å². The van der Waals surface area contributed by atoms with E-state index in [1.54, 1.807) is 18.5 Å². The van der Waals surface area contributed by atoms with Gasteiger partial charge >= 0.3 is 0 Å². The van der Waals surface area contributed by atoms with Gasteiger partial charge in [0.05, 0.1) is 24.1 Å². The van der Waals surface area contributed by atoms with Crippen LogP contribution in [-0.2, 0) is 0 Å². The van der Waals surface area contributed by atoms with Crippen molar-refractivity contribution < 1.29 is 4.74 Å². The Morgan fingerprint density at radius 1 is 1.21 bits per heavy atom. The number of rotatable bonds is 6. The Labute approximate surface area is 112 Å². The fourth-order valence-corrected chi connectivity index (χ4v) is 1.63. The molecule has 0 fully saturated rings. The van der Waals surface area contributed by atoms with Crippen molar-refractivity contribution in [2.24, 2.45) is 0 Å². The van der Waals surface area contributed by atoms with Crippen LogP contribution in [0, 0.1) is 11.3 Å². The molecule has 1 aromatic carbocycles. The molecule has 0 bridgehead atoms. The van der Waals surface area contributed by atoms with E-state index < -0.39 is 0 Å². The second-order valence-corrected chi connectivity index (χ2v) is 3.97. The molecule has 19 heavy (non-hydrogen) atoms. The van der Waals surface area contributed by atoms with Gasteiger partial charge in [0.2, 0.25) is 0 Å². The number of ether oxygens (including phenoxy) is 1. The summed E-state index contributed by atoms with van der Waals surface area (Å²) in [5, 5.41) is 12.1. The maximum Gasteiger partial charge on any atom is 0.119 e. The van der Waals surface area contributed by atoms with Gasteiger partial charge in [-0.15, -0.1) is 0 Å². The lowest BCUT2D eigenvalue weighted by atomic mass is 10.2. The molecule has 0 saturated heterocycles. The third kappa shape index (κ3) is 4.00. The minimum Gasteiger partial charge on any atom is -0.494 e. The van der Waals surface area contributed by atoms with Crippen molar-refractivity contribution in [3.8, 4) is 11.8 Å². The van der Waals surface area contributed by atoms with E-state index in [4.69, 9.17) is 10.00 Å². The summed E-state index contributed by atoms with van der Waals surface area (Å²) >= 11 is 0. The number of nitriles is 1. The molecular weight excluding hydrogens is 238 g/mol. The number of nitrogens with zero attached hydrogens (tertiary/aromatic N) is 2. The van der Waals surface area contributed by atoms with E-state index in [-0.39, 0.29) is 0 Å². The molecule has 1 N–H and O–H groups in total.